The molecular weight excluding hydrogens is 332 g/mol. The van der Waals surface area contributed by atoms with Crippen molar-refractivity contribution in [2.75, 3.05) is 0 Å². The molecule has 0 fully saturated rings. The maximum atomic E-state index is 5.99. The summed E-state index contributed by atoms with van der Waals surface area (Å²) in [6.45, 7) is 0. The summed E-state index contributed by atoms with van der Waals surface area (Å²) in [6.07, 6.45) is 1.98. The number of benzene rings is 1. The van der Waals surface area contributed by atoms with Gasteiger partial charge in [-0.3, -0.25) is 11.3 Å². The van der Waals surface area contributed by atoms with Crippen LogP contribution in [0.4, 0.5) is 0 Å². The average Bonchev–Trinajstić information content (AvgIpc) is 2.87. The van der Waals surface area contributed by atoms with Crippen molar-refractivity contribution in [3.8, 4) is 0 Å². The minimum Gasteiger partial charge on any atom is -0.271 e. The molecule has 18 heavy (non-hydrogen) atoms. The fourth-order valence-corrected chi connectivity index (χ4v) is 3.06. The molecule has 1 unspecified atom stereocenters. The molecule has 0 spiro atoms. The van der Waals surface area contributed by atoms with Crippen molar-refractivity contribution in [2.45, 2.75) is 18.9 Å². The number of nitrogens with two attached hydrogens (primary N) is 1. The van der Waals surface area contributed by atoms with Gasteiger partial charge in [0.2, 0.25) is 0 Å². The lowest BCUT2D eigenvalue weighted by Gasteiger charge is -2.16. The van der Waals surface area contributed by atoms with Crippen LogP contribution >= 0.6 is 38.9 Å². The quantitative estimate of drug-likeness (QED) is 0.626. The van der Waals surface area contributed by atoms with Crippen LogP contribution in [0, 0.1) is 0 Å². The van der Waals surface area contributed by atoms with Crippen LogP contribution in [0.2, 0.25) is 5.02 Å². The standard InChI is InChI=1S/C13H14BrClN2S/c14-11-8-9(3-5-12(11)15)13(17-16)6-4-10-2-1-7-18-10/h1-3,5,7-8,13,17H,4,6,16H2. The zero-order chi connectivity index (χ0) is 13.0. The van der Waals surface area contributed by atoms with E-state index in [2.05, 4.69) is 38.9 Å². The fourth-order valence-electron chi connectivity index (χ4n) is 1.82. The molecule has 0 aliphatic heterocycles. The SMILES string of the molecule is NNC(CCc1cccs1)c1ccc(Cl)c(Br)c1. The maximum Gasteiger partial charge on any atom is 0.0548 e. The molecule has 5 heteroatoms. The summed E-state index contributed by atoms with van der Waals surface area (Å²) < 4.78 is 0.901. The highest BCUT2D eigenvalue weighted by Gasteiger charge is 2.11. The Morgan fingerprint density at radius 1 is 1.39 bits per heavy atom. The minimum atomic E-state index is 0.140. The van der Waals surface area contributed by atoms with Crippen molar-refractivity contribution in [2.24, 2.45) is 5.84 Å². The van der Waals surface area contributed by atoms with Gasteiger partial charge in [0.15, 0.2) is 0 Å². The molecule has 0 radical (unpaired) electrons. The molecule has 0 saturated heterocycles. The number of rotatable bonds is 5. The predicted molar refractivity (Wildman–Crippen MR) is 81.9 cm³/mol. The second-order valence-corrected chi connectivity index (χ2v) is 6.30. The van der Waals surface area contributed by atoms with Gasteiger partial charge in [-0.15, -0.1) is 11.3 Å². The molecular formula is C13H14BrClN2S. The van der Waals surface area contributed by atoms with E-state index in [0.29, 0.717) is 5.02 Å². The van der Waals surface area contributed by atoms with Crippen LogP contribution in [0.1, 0.15) is 22.9 Å². The van der Waals surface area contributed by atoms with Crippen molar-refractivity contribution in [1.29, 1.82) is 0 Å². The number of thiophene rings is 1. The van der Waals surface area contributed by atoms with Gasteiger partial charge in [-0.25, -0.2) is 0 Å². The molecule has 1 aromatic carbocycles. The van der Waals surface area contributed by atoms with Gasteiger partial charge < -0.3 is 0 Å². The second-order valence-electron chi connectivity index (χ2n) is 4.01. The zero-order valence-electron chi connectivity index (χ0n) is 9.70. The second kappa shape index (κ2) is 6.68. The molecule has 0 bridgehead atoms. The van der Waals surface area contributed by atoms with Crippen LogP contribution in [-0.4, -0.2) is 0 Å². The number of aryl methyl sites for hydroxylation is 1. The van der Waals surface area contributed by atoms with Crippen LogP contribution in [-0.2, 0) is 6.42 Å². The molecule has 1 aromatic heterocycles. The van der Waals surface area contributed by atoms with E-state index in [1.165, 1.54) is 4.88 Å². The third-order valence-corrected chi connectivity index (χ3v) is 4.96. The Morgan fingerprint density at radius 2 is 2.22 bits per heavy atom. The molecule has 1 heterocycles. The predicted octanol–water partition coefficient (Wildman–Crippen LogP) is 4.30. The first-order valence-electron chi connectivity index (χ1n) is 5.64. The summed E-state index contributed by atoms with van der Waals surface area (Å²) >= 11 is 11.2. The smallest absolute Gasteiger partial charge is 0.0548 e. The zero-order valence-corrected chi connectivity index (χ0v) is 12.9. The summed E-state index contributed by atoms with van der Waals surface area (Å²) in [5.41, 5.74) is 4.01. The van der Waals surface area contributed by atoms with Crippen molar-refractivity contribution in [3.05, 3.63) is 55.6 Å². The van der Waals surface area contributed by atoms with Crippen LogP contribution < -0.4 is 11.3 Å². The Kier molecular flexibility index (Phi) is 5.21. The van der Waals surface area contributed by atoms with E-state index in [4.69, 9.17) is 17.4 Å². The highest BCUT2D eigenvalue weighted by atomic mass is 79.9. The Morgan fingerprint density at radius 3 is 2.83 bits per heavy atom. The maximum absolute atomic E-state index is 5.99. The molecule has 2 rings (SSSR count). The van der Waals surface area contributed by atoms with Gasteiger partial charge in [0, 0.05) is 15.4 Å². The summed E-state index contributed by atoms with van der Waals surface area (Å²) in [5.74, 6) is 5.64. The first kappa shape index (κ1) is 14.0. The first-order valence-corrected chi connectivity index (χ1v) is 7.69. The summed E-state index contributed by atoms with van der Waals surface area (Å²) in [4.78, 5) is 1.38. The number of hydrogen-bond acceptors (Lipinski definition) is 3. The van der Waals surface area contributed by atoms with E-state index in [9.17, 15) is 0 Å². The van der Waals surface area contributed by atoms with Gasteiger partial charge >= 0.3 is 0 Å². The molecule has 0 aliphatic carbocycles. The molecule has 3 N–H and O–H groups in total. The lowest BCUT2D eigenvalue weighted by atomic mass is 10.0. The molecule has 0 saturated carbocycles. The third-order valence-electron chi connectivity index (χ3n) is 2.81. The van der Waals surface area contributed by atoms with E-state index >= 15 is 0 Å². The van der Waals surface area contributed by atoms with Crippen molar-refractivity contribution in [1.82, 2.24) is 5.43 Å². The first-order chi connectivity index (χ1) is 8.70. The van der Waals surface area contributed by atoms with E-state index in [0.717, 1.165) is 22.9 Å². The Bertz CT molecular complexity index is 502. The monoisotopic (exact) mass is 344 g/mol. The third kappa shape index (κ3) is 3.56. The Balaban J connectivity index is 2.05. The highest BCUT2D eigenvalue weighted by Crippen LogP contribution is 2.28. The van der Waals surface area contributed by atoms with Crippen molar-refractivity contribution < 1.29 is 0 Å². The number of halogens is 2. The number of hydrogen-bond donors (Lipinski definition) is 2. The lowest BCUT2D eigenvalue weighted by Crippen LogP contribution is -2.28. The Hall–Kier alpha value is -0.390. The fraction of sp³-hybridized carbons (Fsp3) is 0.231. The normalized spacial score (nSPS) is 12.6. The summed E-state index contributed by atoms with van der Waals surface area (Å²) in [7, 11) is 0. The molecule has 2 nitrogen and oxygen atoms in total. The van der Waals surface area contributed by atoms with E-state index in [1.54, 1.807) is 11.3 Å². The highest BCUT2D eigenvalue weighted by molar-refractivity contribution is 9.10. The molecule has 2 aromatic rings. The Labute approximate surface area is 124 Å². The minimum absolute atomic E-state index is 0.140. The van der Waals surface area contributed by atoms with Gasteiger partial charge in [0.25, 0.3) is 0 Å². The average molecular weight is 346 g/mol. The lowest BCUT2D eigenvalue weighted by molar-refractivity contribution is 0.518. The van der Waals surface area contributed by atoms with Crippen LogP contribution in [0.5, 0.6) is 0 Å². The van der Waals surface area contributed by atoms with E-state index < -0.39 is 0 Å². The summed E-state index contributed by atoms with van der Waals surface area (Å²) in [5, 5.41) is 2.81. The van der Waals surface area contributed by atoms with Crippen LogP contribution in [0.3, 0.4) is 0 Å². The molecule has 0 amide bonds. The summed E-state index contributed by atoms with van der Waals surface area (Å²) in [6, 6.07) is 10.3. The molecule has 96 valence electrons. The van der Waals surface area contributed by atoms with Crippen molar-refractivity contribution in [3.63, 3.8) is 0 Å². The largest absolute Gasteiger partial charge is 0.271 e. The number of nitrogens with one attached hydrogen (secondary N) is 1. The number of hydrazine groups is 1. The van der Waals surface area contributed by atoms with Gasteiger partial charge in [0.1, 0.15) is 0 Å². The molecule has 0 aliphatic rings. The topological polar surface area (TPSA) is 38.0 Å². The van der Waals surface area contributed by atoms with Gasteiger partial charge in [0.05, 0.1) is 5.02 Å². The van der Waals surface area contributed by atoms with Crippen LogP contribution in [0.15, 0.2) is 40.2 Å². The van der Waals surface area contributed by atoms with Gasteiger partial charge in [-0.1, -0.05) is 23.7 Å². The van der Waals surface area contributed by atoms with E-state index in [-0.39, 0.29) is 6.04 Å². The molecule has 1 atom stereocenters. The van der Waals surface area contributed by atoms with Gasteiger partial charge in [-0.2, -0.15) is 0 Å². The van der Waals surface area contributed by atoms with E-state index in [1.807, 2.05) is 18.2 Å². The van der Waals surface area contributed by atoms with Crippen LogP contribution in [0.25, 0.3) is 0 Å². The van der Waals surface area contributed by atoms with Crippen molar-refractivity contribution >= 4 is 38.9 Å². The van der Waals surface area contributed by atoms with Gasteiger partial charge in [-0.05, 0) is 57.9 Å².